The number of rotatable bonds is 2. The van der Waals surface area contributed by atoms with Gasteiger partial charge in [0, 0.05) is 12.7 Å². The van der Waals surface area contributed by atoms with Gasteiger partial charge in [-0.2, -0.15) is 9.57 Å². The molecule has 22 heavy (non-hydrogen) atoms. The van der Waals surface area contributed by atoms with Crippen molar-refractivity contribution in [2.24, 2.45) is 0 Å². The molecule has 0 spiro atoms. The summed E-state index contributed by atoms with van der Waals surface area (Å²) in [5.41, 5.74) is 1.98. The van der Waals surface area contributed by atoms with Crippen molar-refractivity contribution in [3.05, 3.63) is 52.6 Å². The second-order valence-electron chi connectivity index (χ2n) is 4.84. The molecule has 1 aromatic heterocycles. The van der Waals surface area contributed by atoms with Crippen molar-refractivity contribution in [3.8, 4) is 6.07 Å². The maximum absolute atomic E-state index is 12.7. The molecule has 8 heteroatoms. The van der Waals surface area contributed by atoms with Gasteiger partial charge in [-0.15, -0.1) is 0 Å². The molecule has 2 aromatic rings. The predicted octanol–water partition coefficient (Wildman–Crippen LogP) is 1.75. The van der Waals surface area contributed by atoms with Gasteiger partial charge in [-0.3, -0.25) is 0 Å². The van der Waals surface area contributed by atoms with Crippen LogP contribution in [0.15, 0.2) is 35.6 Å². The number of nitriles is 1. The van der Waals surface area contributed by atoms with E-state index in [0.717, 1.165) is 5.56 Å². The van der Waals surface area contributed by atoms with E-state index < -0.39 is 10.0 Å². The first kappa shape index (κ1) is 14.9. The molecule has 0 saturated carbocycles. The summed E-state index contributed by atoms with van der Waals surface area (Å²) in [5.74, 6) is 0. The molecule has 1 aromatic carbocycles. The molecule has 0 aliphatic carbocycles. The lowest BCUT2D eigenvalue weighted by molar-refractivity contribution is 0.384. The van der Waals surface area contributed by atoms with E-state index in [4.69, 9.17) is 16.9 Å². The number of aromatic nitrogens is 2. The fourth-order valence-corrected chi connectivity index (χ4v) is 4.27. The fourth-order valence-electron chi connectivity index (χ4n) is 2.35. The number of hydrogen-bond donors (Lipinski definition) is 0. The Kier molecular flexibility index (Phi) is 3.83. The summed E-state index contributed by atoms with van der Waals surface area (Å²) in [6.07, 6.45) is 3.67. The third-order valence-electron chi connectivity index (χ3n) is 3.52. The number of fused-ring (bicyclic) bond motifs is 1. The second-order valence-corrected chi connectivity index (χ2v) is 7.15. The Morgan fingerprint density at radius 2 is 2.18 bits per heavy atom. The van der Waals surface area contributed by atoms with Crippen molar-refractivity contribution in [1.29, 1.82) is 5.26 Å². The highest BCUT2D eigenvalue weighted by atomic mass is 35.5. The van der Waals surface area contributed by atoms with Gasteiger partial charge < -0.3 is 0 Å². The van der Waals surface area contributed by atoms with Crippen molar-refractivity contribution in [2.45, 2.75) is 17.9 Å². The molecule has 0 fully saturated rings. The van der Waals surface area contributed by atoms with Crippen molar-refractivity contribution in [2.75, 3.05) is 6.54 Å². The predicted molar refractivity (Wildman–Crippen MR) is 79.5 cm³/mol. The molecule has 0 bridgehead atoms. The molecular weight excluding hydrogens is 324 g/mol. The van der Waals surface area contributed by atoms with Gasteiger partial charge in [0.15, 0.2) is 0 Å². The molecular formula is C14H11ClN4O2S. The van der Waals surface area contributed by atoms with E-state index in [2.05, 4.69) is 9.97 Å². The van der Waals surface area contributed by atoms with Crippen LogP contribution in [0.4, 0.5) is 0 Å². The Bertz CT molecular complexity index is 877. The van der Waals surface area contributed by atoms with Crippen LogP contribution in [0.1, 0.15) is 16.8 Å². The highest BCUT2D eigenvalue weighted by Gasteiger charge is 2.30. The van der Waals surface area contributed by atoms with Crippen molar-refractivity contribution < 1.29 is 8.42 Å². The summed E-state index contributed by atoms with van der Waals surface area (Å²) in [6, 6.07) is 6.09. The van der Waals surface area contributed by atoms with Crippen LogP contribution in [0.3, 0.4) is 0 Å². The number of nitrogens with zero attached hydrogens (tertiary/aromatic N) is 4. The van der Waals surface area contributed by atoms with E-state index in [1.165, 1.54) is 28.8 Å². The van der Waals surface area contributed by atoms with E-state index in [1.807, 2.05) is 6.07 Å². The summed E-state index contributed by atoms with van der Waals surface area (Å²) in [4.78, 5) is 8.08. The lowest BCUT2D eigenvalue weighted by Gasteiger charge is -2.27. The molecule has 0 atom stereocenters. The minimum Gasteiger partial charge on any atom is -0.245 e. The zero-order valence-electron chi connectivity index (χ0n) is 11.4. The first-order chi connectivity index (χ1) is 10.5. The van der Waals surface area contributed by atoms with Crippen molar-refractivity contribution in [1.82, 2.24) is 14.3 Å². The summed E-state index contributed by atoms with van der Waals surface area (Å²) in [7, 11) is -3.73. The molecule has 2 heterocycles. The van der Waals surface area contributed by atoms with Crippen LogP contribution in [-0.4, -0.2) is 29.2 Å². The number of benzene rings is 1. The molecule has 0 radical (unpaired) electrons. The highest BCUT2D eigenvalue weighted by molar-refractivity contribution is 7.89. The van der Waals surface area contributed by atoms with Crippen LogP contribution < -0.4 is 0 Å². The van der Waals surface area contributed by atoms with Gasteiger partial charge in [0.2, 0.25) is 10.0 Å². The largest absolute Gasteiger partial charge is 0.245 e. The van der Waals surface area contributed by atoms with Gasteiger partial charge in [0.25, 0.3) is 0 Å². The van der Waals surface area contributed by atoms with E-state index in [0.29, 0.717) is 24.2 Å². The van der Waals surface area contributed by atoms with Gasteiger partial charge in [0.1, 0.15) is 11.2 Å². The van der Waals surface area contributed by atoms with Crippen molar-refractivity contribution >= 4 is 21.6 Å². The minimum absolute atomic E-state index is 0.00525. The summed E-state index contributed by atoms with van der Waals surface area (Å²) < 4.78 is 26.8. The Balaban J connectivity index is 1.97. The maximum Gasteiger partial charge on any atom is 0.244 e. The minimum atomic E-state index is -3.73. The van der Waals surface area contributed by atoms with Gasteiger partial charge in [-0.1, -0.05) is 11.6 Å². The molecule has 1 aliphatic rings. The van der Waals surface area contributed by atoms with E-state index >= 15 is 0 Å². The monoisotopic (exact) mass is 334 g/mol. The quantitative estimate of drug-likeness (QED) is 0.835. The number of hydrogen-bond acceptors (Lipinski definition) is 5. The van der Waals surface area contributed by atoms with E-state index in [1.54, 1.807) is 6.20 Å². The third-order valence-corrected chi connectivity index (χ3v) is 5.84. The third kappa shape index (κ3) is 2.57. The first-order valence-corrected chi connectivity index (χ1v) is 8.32. The van der Waals surface area contributed by atoms with E-state index in [-0.39, 0.29) is 16.5 Å². The Labute approximate surface area is 133 Å². The Morgan fingerprint density at radius 1 is 1.36 bits per heavy atom. The van der Waals surface area contributed by atoms with Crippen LogP contribution in [0, 0.1) is 11.3 Å². The molecule has 1 aliphatic heterocycles. The summed E-state index contributed by atoms with van der Waals surface area (Å²) in [6.45, 7) is 0.537. The maximum atomic E-state index is 12.7. The molecule has 3 rings (SSSR count). The standard InChI is InChI=1S/C14H11ClN4O2S/c15-12-5-10(6-16)1-2-14(12)22(20,21)19-4-3-11-7-17-9-18-13(11)8-19/h1-2,5,7,9H,3-4,8H2. The SMILES string of the molecule is N#Cc1ccc(S(=O)(=O)N2CCc3cncnc3C2)c(Cl)c1. The topological polar surface area (TPSA) is 87.0 Å². The fraction of sp³-hybridized carbons (Fsp3) is 0.214. The summed E-state index contributed by atoms with van der Waals surface area (Å²) in [5, 5.41) is 8.88. The number of halogens is 1. The molecule has 6 nitrogen and oxygen atoms in total. The van der Waals surface area contributed by atoms with Gasteiger partial charge in [0.05, 0.1) is 28.9 Å². The van der Waals surface area contributed by atoms with Crippen LogP contribution in [0.2, 0.25) is 5.02 Å². The van der Waals surface area contributed by atoms with Crippen LogP contribution in [0.5, 0.6) is 0 Å². The summed E-state index contributed by atoms with van der Waals surface area (Å²) >= 11 is 6.03. The lowest BCUT2D eigenvalue weighted by Crippen LogP contribution is -2.36. The van der Waals surface area contributed by atoms with E-state index in [9.17, 15) is 8.42 Å². The Hall–Kier alpha value is -2.01. The number of sulfonamides is 1. The van der Waals surface area contributed by atoms with Gasteiger partial charge in [-0.05, 0) is 30.2 Å². The smallest absolute Gasteiger partial charge is 0.244 e. The molecule has 112 valence electrons. The van der Waals surface area contributed by atoms with Crippen molar-refractivity contribution in [3.63, 3.8) is 0 Å². The average Bonchev–Trinajstić information content (AvgIpc) is 2.54. The second kappa shape index (κ2) is 5.65. The van der Waals surface area contributed by atoms with Crippen LogP contribution in [0.25, 0.3) is 0 Å². The van der Waals surface area contributed by atoms with Crippen LogP contribution in [-0.2, 0) is 23.0 Å². The zero-order valence-corrected chi connectivity index (χ0v) is 13.0. The molecule has 0 amide bonds. The zero-order chi connectivity index (χ0) is 15.7. The highest BCUT2D eigenvalue weighted by Crippen LogP contribution is 2.28. The molecule has 0 unspecified atom stereocenters. The van der Waals surface area contributed by atoms with Crippen LogP contribution >= 0.6 is 11.6 Å². The lowest BCUT2D eigenvalue weighted by atomic mass is 10.1. The normalized spacial score (nSPS) is 15.1. The average molecular weight is 335 g/mol. The first-order valence-electron chi connectivity index (χ1n) is 6.50. The molecule has 0 saturated heterocycles. The van der Waals surface area contributed by atoms with Gasteiger partial charge >= 0.3 is 0 Å². The Morgan fingerprint density at radius 3 is 2.91 bits per heavy atom. The molecule has 0 N–H and O–H groups in total. The van der Waals surface area contributed by atoms with Gasteiger partial charge in [-0.25, -0.2) is 18.4 Å².